The minimum absolute atomic E-state index is 0.00510. The number of hydrogen-bond acceptors (Lipinski definition) is 2. The van der Waals surface area contributed by atoms with Crippen LogP contribution in [0.1, 0.15) is 11.1 Å². The molecule has 0 aliphatic carbocycles. The molecule has 2 aromatic rings. The van der Waals surface area contributed by atoms with Crippen LogP contribution in [0.3, 0.4) is 0 Å². The highest BCUT2D eigenvalue weighted by Gasteiger charge is 2.04. The van der Waals surface area contributed by atoms with E-state index in [-0.39, 0.29) is 18.3 Å². The summed E-state index contributed by atoms with van der Waals surface area (Å²) in [5.41, 5.74) is 6.46. The molecular formula is C14H12BrFN2O. The van der Waals surface area contributed by atoms with Crippen molar-refractivity contribution < 1.29 is 9.13 Å². The zero-order chi connectivity index (χ0) is 13.8. The van der Waals surface area contributed by atoms with Gasteiger partial charge in [-0.25, -0.2) is 4.39 Å². The molecule has 0 unspecified atom stereocenters. The number of rotatable bonds is 4. The highest BCUT2D eigenvalue weighted by atomic mass is 79.9. The topological polar surface area (TPSA) is 59.1 Å². The molecule has 19 heavy (non-hydrogen) atoms. The molecule has 98 valence electrons. The molecular weight excluding hydrogens is 311 g/mol. The quantitative estimate of drug-likeness (QED) is 0.669. The third-order valence-electron chi connectivity index (χ3n) is 2.57. The van der Waals surface area contributed by atoms with E-state index >= 15 is 0 Å². The van der Waals surface area contributed by atoms with Gasteiger partial charge >= 0.3 is 0 Å². The Hall–Kier alpha value is -1.88. The lowest BCUT2D eigenvalue weighted by atomic mass is 10.2. The number of nitrogens with one attached hydrogen (secondary N) is 1. The first-order valence-corrected chi connectivity index (χ1v) is 6.37. The van der Waals surface area contributed by atoms with Crippen LogP contribution in [0.4, 0.5) is 4.39 Å². The smallest absolute Gasteiger partial charge is 0.130 e. The zero-order valence-corrected chi connectivity index (χ0v) is 11.6. The molecule has 0 aromatic heterocycles. The van der Waals surface area contributed by atoms with E-state index in [1.807, 2.05) is 0 Å². The molecule has 0 spiro atoms. The van der Waals surface area contributed by atoms with Crippen molar-refractivity contribution in [3.63, 3.8) is 0 Å². The zero-order valence-electron chi connectivity index (χ0n) is 9.99. The van der Waals surface area contributed by atoms with Gasteiger partial charge in [0, 0.05) is 15.6 Å². The molecule has 0 fully saturated rings. The summed E-state index contributed by atoms with van der Waals surface area (Å²) in [6.07, 6.45) is 0. The van der Waals surface area contributed by atoms with Crippen molar-refractivity contribution in [2.75, 3.05) is 0 Å². The second-order valence-electron chi connectivity index (χ2n) is 3.96. The van der Waals surface area contributed by atoms with Crippen molar-refractivity contribution in [1.82, 2.24) is 0 Å². The van der Waals surface area contributed by atoms with E-state index < -0.39 is 0 Å². The van der Waals surface area contributed by atoms with Gasteiger partial charge in [-0.15, -0.1) is 0 Å². The average Bonchev–Trinajstić information content (AvgIpc) is 2.38. The Labute approximate surface area is 118 Å². The fourth-order valence-electron chi connectivity index (χ4n) is 1.53. The highest BCUT2D eigenvalue weighted by molar-refractivity contribution is 9.10. The molecule has 3 N–H and O–H groups in total. The normalized spacial score (nSPS) is 10.2. The predicted molar refractivity (Wildman–Crippen MR) is 75.9 cm³/mol. The summed E-state index contributed by atoms with van der Waals surface area (Å²) in [6.45, 7) is 0.151. The molecule has 3 nitrogen and oxygen atoms in total. The fourth-order valence-corrected chi connectivity index (χ4v) is 1.86. The maximum absolute atomic E-state index is 13.6. The van der Waals surface area contributed by atoms with Crippen molar-refractivity contribution in [2.45, 2.75) is 6.61 Å². The van der Waals surface area contributed by atoms with Gasteiger partial charge in [0.15, 0.2) is 0 Å². The van der Waals surface area contributed by atoms with Crippen LogP contribution >= 0.6 is 15.9 Å². The number of hydrogen-bond donors (Lipinski definition) is 2. The van der Waals surface area contributed by atoms with Crippen LogP contribution in [0.5, 0.6) is 5.75 Å². The molecule has 2 aromatic carbocycles. The standard InChI is InChI=1S/C14H12BrFN2O/c15-11-4-1-10(13(16)7-11)8-19-12-5-2-9(3-6-12)14(17)18/h1-7H,8H2,(H3,17,18). The van der Waals surface area contributed by atoms with Crippen LogP contribution in [0.15, 0.2) is 46.9 Å². The van der Waals surface area contributed by atoms with E-state index in [4.69, 9.17) is 15.9 Å². The van der Waals surface area contributed by atoms with E-state index in [0.29, 0.717) is 21.3 Å². The van der Waals surface area contributed by atoms with Crippen molar-refractivity contribution in [2.24, 2.45) is 5.73 Å². The van der Waals surface area contributed by atoms with Crippen LogP contribution in [0.25, 0.3) is 0 Å². The van der Waals surface area contributed by atoms with Gasteiger partial charge in [0.25, 0.3) is 0 Å². The number of nitrogen functional groups attached to an aromatic ring is 1. The monoisotopic (exact) mass is 322 g/mol. The molecule has 0 aliphatic rings. The van der Waals surface area contributed by atoms with E-state index in [1.165, 1.54) is 6.07 Å². The van der Waals surface area contributed by atoms with Gasteiger partial charge in [-0.1, -0.05) is 22.0 Å². The van der Waals surface area contributed by atoms with Gasteiger partial charge in [-0.2, -0.15) is 0 Å². The highest BCUT2D eigenvalue weighted by Crippen LogP contribution is 2.18. The van der Waals surface area contributed by atoms with Crippen molar-refractivity contribution >= 4 is 21.8 Å². The second-order valence-corrected chi connectivity index (χ2v) is 4.88. The molecule has 0 heterocycles. The first-order chi connectivity index (χ1) is 9.06. The summed E-state index contributed by atoms with van der Waals surface area (Å²) < 4.78 is 19.7. The Bertz CT molecular complexity index is 599. The first kappa shape index (κ1) is 13.5. The van der Waals surface area contributed by atoms with Crippen LogP contribution in [0.2, 0.25) is 0 Å². The Morgan fingerprint density at radius 2 is 1.89 bits per heavy atom. The molecule has 0 radical (unpaired) electrons. The number of benzene rings is 2. The number of amidine groups is 1. The minimum Gasteiger partial charge on any atom is -0.489 e. The Morgan fingerprint density at radius 1 is 1.21 bits per heavy atom. The van der Waals surface area contributed by atoms with Gasteiger partial charge in [0.2, 0.25) is 0 Å². The largest absolute Gasteiger partial charge is 0.489 e. The SMILES string of the molecule is N=C(N)c1ccc(OCc2ccc(Br)cc2F)cc1. The molecule has 2 rings (SSSR count). The maximum Gasteiger partial charge on any atom is 0.130 e. The Kier molecular flexibility index (Phi) is 4.16. The van der Waals surface area contributed by atoms with Crippen molar-refractivity contribution in [3.8, 4) is 5.75 Å². The lowest BCUT2D eigenvalue weighted by molar-refractivity contribution is 0.300. The van der Waals surface area contributed by atoms with Gasteiger partial charge < -0.3 is 10.5 Å². The van der Waals surface area contributed by atoms with E-state index in [2.05, 4.69) is 15.9 Å². The third kappa shape index (κ3) is 3.54. The molecule has 0 bridgehead atoms. The van der Waals surface area contributed by atoms with E-state index in [9.17, 15) is 4.39 Å². The molecule has 5 heteroatoms. The summed E-state index contributed by atoms with van der Waals surface area (Å²) in [6, 6.07) is 11.6. The summed E-state index contributed by atoms with van der Waals surface area (Å²) >= 11 is 3.20. The van der Waals surface area contributed by atoms with Gasteiger partial charge in [0.1, 0.15) is 24.0 Å². The summed E-state index contributed by atoms with van der Waals surface area (Å²) in [7, 11) is 0. The van der Waals surface area contributed by atoms with Crippen molar-refractivity contribution in [1.29, 1.82) is 5.41 Å². The molecule has 0 amide bonds. The van der Waals surface area contributed by atoms with Crippen LogP contribution in [0, 0.1) is 11.2 Å². The van der Waals surface area contributed by atoms with Crippen molar-refractivity contribution in [3.05, 3.63) is 63.9 Å². The fraction of sp³-hybridized carbons (Fsp3) is 0.0714. The Morgan fingerprint density at radius 3 is 2.47 bits per heavy atom. The minimum atomic E-state index is -0.310. The predicted octanol–water partition coefficient (Wildman–Crippen LogP) is 3.45. The van der Waals surface area contributed by atoms with Gasteiger partial charge in [-0.3, -0.25) is 5.41 Å². The van der Waals surface area contributed by atoms with Crippen LogP contribution < -0.4 is 10.5 Å². The Balaban J connectivity index is 2.04. The molecule has 0 atom stereocenters. The summed E-state index contributed by atoms with van der Waals surface area (Å²) in [5, 5.41) is 7.27. The lowest BCUT2D eigenvalue weighted by Gasteiger charge is -2.08. The summed E-state index contributed by atoms with van der Waals surface area (Å²) in [5.74, 6) is 0.299. The lowest BCUT2D eigenvalue weighted by Crippen LogP contribution is -2.10. The van der Waals surface area contributed by atoms with Crippen LogP contribution in [-0.4, -0.2) is 5.84 Å². The van der Waals surface area contributed by atoms with Gasteiger partial charge in [0.05, 0.1) is 0 Å². The van der Waals surface area contributed by atoms with Gasteiger partial charge in [-0.05, 0) is 36.4 Å². The van der Waals surface area contributed by atoms with E-state index in [1.54, 1.807) is 36.4 Å². The average molecular weight is 323 g/mol. The maximum atomic E-state index is 13.6. The number of halogens is 2. The molecule has 0 aliphatic heterocycles. The first-order valence-electron chi connectivity index (χ1n) is 5.57. The molecule has 0 saturated heterocycles. The number of ether oxygens (including phenoxy) is 1. The summed E-state index contributed by atoms with van der Waals surface area (Å²) in [4.78, 5) is 0. The third-order valence-corrected chi connectivity index (χ3v) is 3.07. The molecule has 0 saturated carbocycles. The second kappa shape index (κ2) is 5.84. The van der Waals surface area contributed by atoms with E-state index in [0.717, 1.165) is 0 Å². The number of nitrogens with two attached hydrogens (primary N) is 1. The van der Waals surface area contributed by atoms with Crippen LogP contribution in [-0.2, 0) is 6.61 Å².